The third kappa shape index (κ3) is 2.33. The number of ether oxygens (including phenoxy) is 1. The lowest BCUT2D eigenvalue weighted by Crippen LogP contribution is -2.36. The molecule has 1 aromatic rings. The van der Waals surface area contributed by atoms with Crippen molar-refractivity contribution in [3.8, 4) is 0 Å². The van der Waals surface area contributed by atoms with E-state index >= 15 is 0 Å². The second-order valence-electron chi connectivity index (χ2n) is 4.29. The summed E-state index contributed by atoms with van der Waals surface area (Å²) in [6, 6.07) is 8.21. The third-order valence-electron chi connectivity index (χ3n) is 3.18. The monoisotopic (exact) mass is 251 g/mol. The van der Waals surface area contributed by atoms with Gasteiger partial charge in [-0.1, -0.05) is 12.1 Å². The van der Waals surface area contributed by atoms with Crippen molar-refractivity contribution in [1.29, 1.82) is 0 Å². The zero-order chi connectivity index (χ0) is 12.5. The molecule has 0 heterocycles. The first-order chi connectivity index (χ1) is 8.11. The van der Waals surface area contributed by atoms with E-state index in [0.29, 0.717) is 13.0 Å². The van der Waals surface area contributed by atoms with Crippen LogP contribution in [0.15, 0.2) is 29.2 Å². The van der Waals surface area contributed by atoms with Crippen molar-refractivity contribution in [3.05, 3.63) is 29.8 Å². The fourth-order valence-corrected chi connectivity index (χ4v) is 2.43. The number of hydrogen-bond acceptors (Lipinski definition) is 4. The molecular weight excluding hydrogens is 234 g/mol. The minimum atomic E-state index is -0.795. The van der Waals surface area contributed by atoms with Crippen LogP contribution in [0, 0.1) is 0 Å². The van der Waals surface area contributed by atoms with Crippen molar-refractivity contribution in [1.82, 2.24) is 0 Å². The maximum atomic E-state index is 11.7. The summed E-state index contributed by atoms with van der Waals surface area (Å²) in [5.74, 6) is -0.170. The molecule has 0 bridgehead atoms. The molecule has 3 nitrogen and oxygen atoms in total. The molecule has 92 valence electrons. The van der Waals surface area contributed by atoms with E-state index in [1.807, 2.05) is 18.4 Å². The minimum absolute atomic E-state index is 0.109. The molecule has 4 heteroatoms. The van der Waals surface area contributed by atoms with E-state index in [1.54, 1.807) is 18.7 Å². The molecule has 1 aliphatic carbocycles. The van der Waals surface area contributed by atoms with Gasteiger partial charge >= 0.3 is 5.97 Å². The molecule has 2 N–H and O–H groups in total. The van der Waals surface area contributed by atoms with Gasteiger partial charge in [-0.2, -0.15) is 0 Å². The summed E-state index contributed by atoms with van der Waals surface area (Å²) in [5.41, 5.74) is 6.37. The van der Waals surface area contributed by atoms with Crippen LogP contribution in [-0.4, -0.2) is 24.4 Å². The van der Waals surface area contributed by atoms with Crippen LogP contribution in [0.5, 0.6) is 0 Å². The Morgan fingerprint density at radius 2 is 2.18 bits per heavy atom. The van der Waals surface area contributed by atoms with Gasteiger partial charge < -0.3 is 10.5 Å². The maximum Gasteiger partial charge on any atom is 0.326 e. The van der Waals surface area contributed by atoms with Crippen molar-refractivity contribution in [2.24, 2.45) is 5.73 Å². The van der Waals surface area contributed by atoms with Gasteiger partial charge in [0.15, 0.2) is 0 Å². The summed E-state index contributed by atoms with van der Waals surface area (Å²) in [4.78, 5) is 12.9. The van der Waals surface area contributed by atoms with Gasteiger partial charge in [0.25, 0.3) is 0 Å². The van der Waals surface area contributed by atoms with Crippen LogP contribution in [0.1, 0.15) is 24.8 Å². The average molecular weight is 251 g/mol. The highest BCUT2D eigenvalue weighted by Crippen LogP contribution is 2.50. The van der Waals surface area contributed by atoms with E-state index in [-0.39, 0.29) is 11.9 Å². The zero-order valence-electron chi connectivity index (χ0n) is 10.1. The summed E-state index contributed by atoms with van der Waals surface area (Å²) >= 11 is 1.70. The molecule has 0 aliphatic heterocycles. The van der Waals surface area contributed by atoms with Crippen LogP contribution < -0.4 is 5.73 Å². The number of nitrogens with two attached hydrogens (primary N) is 1. The van der Waals surface area contributed by atoms with Gasteiger partial charge in [-0.3, -0.25) is 4.79 Å². The first-order valence-electron chi connectivity index (χ1n) is 5.72. The zero-order valence-corrected chi connectivity index (χ0v) is 10.9. The van der Waals surface area contributed by atoms with E-state index in [4.69, 9.17) is 10.5 Å². The van der Waals surface area contributed by atoms with Crippen LogP contribution in [0.2, 0.25) is 0 Å². The number of carbonyl (C=O) groups is 1. The topological polar surface area (TPSA) is 52.3 Å². The summed E-state index contributed by atoms with van der Waals surface area (Å²) in [7, 11) is 0. The summed E-state index contributed by atoms with van der Waals surface area (Å²) in [5, 5.41) is 0. The van der Waals surface area contributed by atoms with Crippen LogP contribution in [0.25, 0.3) is 0 Å². The summed E-state index contributed by atoms with van der Waals surface area (Å²) in [6.45, 7) is 2.18. The highest BCUT2D eigenvalue weighted by Gasteiger charge is 2.58. The van der Waals surface area contributed by atoms with Crippen LogP contribution in [-0.2, 0) is 9.53 Å². The first kappa shape index (κ1) is 12.5. The lowest BCUT2D eigenvalue weighted by atomic mass is 10.1. The number of esters is 1. The second-order valence-corrected chi connectivity index (χ2v) is 5.17. The van der Waals surface area contributed by atoms with E-state index in [0.717, 1.165) is 5.56 Å². The quantitative estimate of drug-likeness (QED) is 0.658. The van der Waals surface area contributed by atoms with Gasteiger partial charge in [-0.25, -0.2) is 0 Å². The predicted octanol–water partition coefficient (Wildman–Crippen LogP) is 2.16. The molecule has 0 radical (unpaired) electrons. The molecule has 0 aromatic heterocycles. The molecule has 17 heavy (non-hydrogen) atoms. The van der Waals surface area contributed by atoms with Gasteiger partial charge in [0.1, 0.15) is 5.54 Å². The van der Waals surface area contributed by atoms with Crippen molar-refractivity contribution in [2.75, 3.05) is 12.9 Å². The lowest BCUT2D eigenvalue weighted by molar-refractivity contribution is -0.145. The largest absolute Gasteiger partial charge is 0.465 e. The lowest BCUT2D eigenvalue weighted by Gasteiger charge is -2.10. The van der Waals surface area contributed by atoms with Crippen molar-refractivity contribution in [3.63, 3.8) is 0 Å². The third-order valence-corrected chi connectivity index (χ3v) is 3.92. The van der Waals surface area contributed by atoms with Crippen LogP contribution >= 0.6 is 11.8 Å². The van der Waals surface area contributed by atoms with E-state index < -0.39 is 5.54 Å². The van der Waals surface area contributed by atoms with E-state index in [1.165, 1.54) is 4.90 Å². The maximum absolute atomic E-state index is 11.7. The number of carbonyl (C=O) groups excluding carboxylic acids is 1. The Morgan fingerprint density at radius 3 is 2.71 bits per heavy atom. The highest BCUT2D eigenvalue weighted by molar-refractivity contribution is 7.98. The van der Waals surface area contributed by atoms with Gasteiger partial charge in [-0.15, -0.1) is 11.8 Å². The molecule has 1 saturated carbocycles. The summed E-state index contributed by atoms with van der Waals surface area (Å²) in [6.07, 6.45) is 2.72. The van der Waals surface area contributed by atoms with Crippen LogP contribution in [0.4, 0.5) is 0 Å². The van der Waals surface area contributed by atoms with Gasteiger partial charge in [-0.05, 0) is 37.3 Å². The number of rotatable bonds is 4. The van der Waals surface area contributed by atoms with Crippen molar-refractivity contribution in [2.45, 2.75) is 29.7 Å². The molecule has 0 amide bonds. The molecule has 1 fully saturated rings. The Kier molecular flexibility index (Phi) is 3.45. The fraction of sp³-hybridized carbons (Fsp3) is 0.462. The first-order valence-corrected chi connectivity index (χ1v) is 6.94. The normalized spacial score (nSPS) is 26.6. The number of hydrogen-bond donors (Lipinski definition) is 1. The average Bonchev–Trinajstić information content (AvgIpc) is 3.04. The van der Waals surface area contributed by atoms with Crippen molar-refractivity contribution < 1.29 is 9.53 Å². The van der Waals surface area contributed by atoms with E-state index in [9.17, 15) is 4.79 Å². The van der Waals surface area contributed by atoms with Crippen molar-refractivity contribution >= 4 is 17.7 Å². The Balaban J connectivity index is 2.08. The number of benzene rings is 1. The highest BCUT2D eigenvalue weighted by atomic mass is 32.2. The molecule has 1 aliphatic rings. The van der Waals surface area contributed by atoms with Crippen LogP contribution in [0.3, 0.4) is 0 Å². The minimum Gasteiger partial charge on any atom is -0.465 e. The number of thioether (sulfide) groups is 1. The molecule has 0 saturated heterocycles. The molecule has 2 rings (SSSR count). The molecular formula is C13H17NO2S. The van der Waals surface area contributed by atoms with Gasteiger partial charge in [0.05, 0.1) is 6.61 Å². The fourth-order valence-electron chi connectivity index (χ4n) is 2.02. The Morgan fingerprint density at radius 1 is 1.53 bits per heavy atom. The smallest absolute Gasteiger partial charge is 0.326 e. The Labute approximate surface area is 106 Å². The van der Waals surface area contributed by atoms with E-state index in [2.05, 4.69) is 12.1 Å². The Hall–Kier alpha value is -1.00. The molecule has 0 spiro atoms. The van der Waals surface area contributed by atoms with Gasteiger partial charge in [0.2, 0.25) is 0 Å². The summed E-state index contributed by atoms with van der Waals surface area (Å²) < 4.78 is 5.00. The molecule has 2 atom stereocenters. The standard InChI is InChI=1S/C13H17NO2S/c1-3-16-12(15)13(14)8-11(13)9-4-6-10(17-2)7-5-9/h4-7,11H,3,8,14H2,1-2H3. The Bertz CT molecular complexity index is 418. The van der Waals surface area contributed by atoms with Gasteiger partial charge in [0, 0.05) is 10.8 Å². The molecule has 1 aromatic carbocycles. The second kappa shape index (κ2) is 4.70. The molecule has 2 unspecified atom stereocenters. The predicted molar refractivity (Wildman–Crippen MR) is 69.1 cm³/mol. The SMILES string of the molecule is CCOC(=O)C1(N)CC1c1ccc(SC)cc1.